The number of likely N-dealkylation sites (tertiary alicyclic amines) is 1. The predicted molar refractivity (Wildman–Crippen MR) is 154 cm³/mol. The van der Waals surface area contributed by atoms with Gasteiger partial charge in [-0.3, -0.25) is 4.79 Å². The van der Waals surface area contributed by atoms with Gasteiger partial charge in [0.05, 0.1) is 18.4 Å². The maximum atomic E-state index is 13.0. The number of ether oxygens (including phenoxy) is 1. The maximum absolute atomic E-state index is 13.0. The van der Waals surface area contributed by atoms with Gasteiger partial charge in [0.1, 0.15) is 0 Å². The number of carbonyl (C=O) groups is 3. The molecule has 210 valence electrons. The van der Waals surface area contributed by atoms with Gasteiger partial charge in [0.15, 0.2) is 0 Å². The van der Waals surface area contributed by atoms with Crippen LogP contribution in [0.1, 0.15) is 92.0 Å². The molecule has 2 aliphatic rings. The molecule has 0 aromatic heterocycles. The Morgan fingerprint density at radius 1 is 0.897 bits per heavy atom. The Hall–Kier alpha value is -3.55. The number of piperidine rings is 1. The number of benzene rings is 2. The lowest BCUT2D eigenvalue weighted by atomic mass is 9.87. The lowest BCUT2D eigenvalue weighted by Crippen LogP contribution is -2.51. The summed E-state index contributed by atoms with van der Waals surface area (Å²) in [6.45, 7) is 7.65. The maximum Gasteiger partial charge on any atom is 0.339 e. The molecule has 1 aliphatic carbocycles. The molecule has 1 saturated heterocycles. The van der Waals surface area contributed by atoms with Crippen molar-refractivity contribution in [3.63, 3.8) is 0 Å². The zero-order valence-corrected chi connectivity index (χ0v) is 23.6. The molecular weight excluding hydrogens is 492 g/mol. The van der Waals surface area contributed by atoms with Gasteiger partial charge in [-0.25, -0.2) is 9.59 Å². The van der Waals surface area contributed by atoms with E-state index < -0.39 is 5.97 Å². The highest BCUT2D eigenvalue weighted by molar-refractivity contribution is 6.05. The third-order valence-electron chi connectivity index (χ3n) is 7.70. The van der Waals surface area contributed by atoms with Crippen LogP contribution in [0.2, 0.25) is 0 Å². The Morgan fingerprint density at radius 3 is 2.26 bits per heavy atom. The minimum atomic E-state index is -0.462. The first-order valence-electron chi connectivity index (χ1n) is 14.1. The fraction of sp³-hybridized carbons (Fsp3) is 0.516. The molecule has 39 heavy (non-hydrogen) atoms. The molecule has 3 amide bonds. The second-order valence-electron chi connectivity index (χ2n) is 11.7. The van der Waals surface area contributed by atoms with E-state index in [-0.39, 0.29) is 29.4 Å². The van der Waals surface area contributed by atoms with Gasteiger partial charge in [-0.15, -0.1) is 0 Å². The van der Waals surface area contributed by atoms with E-state index in [2.05, 4.69) is 36.7 Å². The zero-order chi connectivity index (χ0) is 28.0. The van der Waals surface area contributed by atoms with Crippen LogP contribution < -0.4 is 16.0 Å². The van der Waals surface area contributed by atoms with Gasteiger partial charge in [0, 0.05) is 36.4 Å². The van der Waals surface area contributed by atoms with E-state index in [9.17, 15) is 14.4 Å². The van der Waals surface area contributed by atoms with E-state index in [1.54, 1.807) is 18.2 Å². The molecule has 0 bridgehead atoms. The lowest BCUT2D eigenvalue weighted by Gasteiger charge is -2.35. The second-order valence-corrected chi connectivity index (χ2v) is 11.7. The second kappa shape index (κ2) is 12.5. The van der Waals surface area contributed by atoms with E-state index in [0.29, 0.717) is 35.6 Å². The number of hydrogen-bond donors (Lipinski definition) is 3. The molecule has 1 aliphatic heterocycles. The molecule has 0 radical (unpaired) electrons. The number of urea groups is 1. The number of hydrogen-bond acceptors (Lipinski definition) is 5. The Bertz CT molecular complexity index is 1170. The summed E-state index contributed by atoms with van der Waals surface area (Å²) in [7, 11) is 1.35. The number of esters is 1. The first kappa shape index (κ1) is 28.5. The molecule has 1 heterocycles. The molecule has 2 fully saturated rings. The number of anilines is 2. The van der Waals surface area contributed by atoms with Crippen LogP contribution in [0.3, 0.4) is 0 Å². The van der Waals surface area contributed by atoms with Gasteiger partial charge < -0.3 is 25.6 Å². The first-order valence-corrected chi connectivity index (χ1v) is 14.1. The summed E-state index contributed by atoms with van der Waals surface area (Å²) in [5.41, 5.74) is 3.24. The van der Waals surface area contributed by atoms with Gasteiger partial charge in [0.2, 0.25) is 0 Å². The summed E-state index contributed by atoms with van der Waals surface area (Å²) in [6.07, 6.45) is 7.40. The molecule has 1 saturated carbocycles. The van der Waals surface area contributed by atoms with E-state index in [1.165, 1.54) is 26.4 Å². The van der Waals surface area contributed by atoms with Crippen molar-refractivity contribution in [1.29, 1.82) is 0 Å². The number of amides is 3. The molecule has 8 nitrogen and oxygen atoms in total. The number of carbonyl (C=O) groups excluding carboxylic acids is 3. The van der Waals surface area contributed by atoms with Crippen LogP contribution in [-0.2, 0) is 10.2 Å². The topological polar surface area (TPSA) is 99.8 Å². The summed E-state index contributed by atoms with van der Waals surface area (Å²) >= 11 is 0. The molecule has 0 spiro atoms. The van der Waals surface area contributed by atoms with Crippen molar-refractivity contribution in [1.82, 2.24) is 10.2 Å². The molecule has 2 aromatic carbocycles. The van der Waals surface area contributed by atoms with Crippen molar-refractivity contribution in [3.8, 4) is 0 Å². The van der Waals surface area contributed by atoms with E-state index in [1.807, 2.05) is 29.2 Å². The fourth-order valence-electron chi connectivity index (χ4n) is 5.37. The number of nitrogens with zero attached hydrogens (tertiary/aromatic N) is 1. The SMILES string of the molecule is COC(=O)c1ccc(NC(=O)c2ccc(C(C)(C)C)cc2)cc1NC1CCCN(C(=O)NC2CCCCC2)C1. The molecule has 3 N–H and O–H groups in total. The normalized spacial score (nSPS) is 18.3. The summed E-state index contributed by atoms with van der Waals surface area (Å²) in [6, 6.07) is 12.9. The van der Waals surface area contributed by atoms with Gasteiger partial charge in [-0.05, 0) is 67.0 Å². The fourth-order valence-corrected chi connectivity index (χ4v) is 5.37. The molecule has 4 rings (SSSR count). The minimum Gasteiger partial charge on any atom is -0.465 e. The quantitative estimate of drug-likeness (QED) is 0.398. The zero-order valence-electron chi connectivity index (χ0n) is 23.6. The molecule has 1 atom stereocenters. The van der Waals surface area contributed by atoms with Crippen LogP contribution in [0, 0.1) is 0 Å². The van der Waals surface area contributed by atoms with Gasteiger partial charge >= 0.3 is 12.0 Å². The van der Waals surface area contributed by atoms with Crippen molar-refractivity contribution in [2.45, 2.75) is 83.2 Å². The van der Waals surface area contributed by atoms with Gasteiger partial charge in [0.25, 0.3) is 5.91 Å². The van der Waals surface area contributed by atoms with Crippen molar-refractivity contribution in [2.24, 2.45) is 0 Å². The molecule has 1 unspecified atom stereocenters. The van der Waals surface area contributed by atoms with Crippen molar-refractivity contribution in [3.05, 3.63) is 59.2 Å². The lowest BCUT2D eigenvalue weighted by molar-refractivity contribution is 0.0601. The summed E-state index contributed by atoms with van der Waals surface area (Å²) in [5.74, 6) is -0.689. The van der Waals surface area contributed by atoms with Crippen LogP contribution >= 0.6 is 0 Å². The Kier molecular flexibility index (Phi) is 9.15. The third kappa shape index (κ3) is 7.52. The predicted octanol–water partition coefficient (Wildman–Crippen LogP) is 5.94. The standard InChI is InChI=1S/C31H42N4O4/c1-31(2,3)22-14-12-21(13-15-22)28(36)33-24-16-17-26(29(37)39-4)27(19-24)32-25-11-8-18-35(20-25)30(38)34-23-9-6-5-7-10-23/h12-17,19,23,25,32H,5-11,18,20H2,1-4H3,(H,33,36)(H,34,38). The van der Waals surface area contributed by atoms with Crippen LogP contribution in [0.5, 0.6) is 0 Å². The molecular formula is C31H42N4O4. The van der Waals surface area contributed by atoms with E-state index >= 15 is 0 Å². The van der Waals surface area contributed by atoms with Crippen LogP contribution in [-0.4, -0.2) is 55.1 Å². The highest BCUT2D eigenvalue weighted by Gasteiger charge is 2.27. The minimum absolute atomic E-state index is 0.00450. The van der Waals surface area contributed by atoms with Gasteiger partial charge in [-0.1, -0.05) is 52.2 Å². The third-order valence-corrected chi connectivity index (χ3v) is 7.70. The molecule has 2 aromatic rings. The van der Waals surface area contributed by atoms with Crippen molar-refractivity contribution >= 4 is 29.3 Å². The highest BCUT2D eigenvalue weighted by atomic mass is 16.5. The molecule has 8 heteroatoms. The Morgan fingerprint density at radius 2 is 1.59 bits per heavy atom. The van der Waals surface area contributed by atoms with Crippen LogP contribution in [0.25, 0.3) is 0 Å². The highest BCUT2D eigenvalue weighted by Crippen LogP contribution is 2.27. The van der Waals surface area contributed by atoms with Crippen molar-refractivity contribution in [2.75, 3.05) is 30.8 Å². The van der Waals surface area contributed by atoms with Crippen molar-refractivity contribution < 1.29 is 19.1 Å². The number of rotatable bonds is 6. The largest absolute Gasteiger partial charge is 0.465 e. The number of methoxy groups -OCH3 is 1. The van der Waals surface area contributed by atoms with Gasteiger partial charge in [-0.2, -0.15) is 0 Å². The van der Waals surface area contributed by atoms with Crippen LogP contribution in [0.15, 0.2) is 42.5 Å². The first-order chi connectivity index (χ1) is 18.6. The monoisotopic (exact) mass is 534 g/mol. The summed E-state index contributed by atoms with van der Waals surface area (Å²) in [5, 5.41) is 9.61. The smallest absolute Gasteiger partial charge is 0.339 e. The van der Waals surface area contributed by atoms with Crippen LogP contribution in [0.4, 0.5) is 16.2 Å². The summed E-state index contributed by atoms with van der Waals surface area (Å²) < 4.78 is 5.00. The Labute approximate surface area is 231 Å². The average molecular weight is 535 g/mol. The Balaban J connectivity index is 1.45. The summed E-state index contributed by atoms with van der Waals surface area (Å²) in [4.78, 5) is 40.3. The van der Waals surface area contributed by atoms with E-state index in [4.69, 9.17) is 4.74 Å². The van der Waals surface area contributed by atoms with E-state index in [0.717, 1.165) is 31.2 Å². The number of nitrogens with one attached hydrogen (secondary N) is 3. The average Bonchev–Trinajstić information content (AvgIpc) is 2.93.